The molecular formula is C19H22N2O4. The molecule has 6 heteroatoms. The third-order valence-electron chi connectivity index (χ3n) is 4.61. The van der Waals surface area contributed by atoms with Gasteiger partial charge in [0, 0.05) is 18.7 Å². The van der Waals surface area contributed by atoms with Crippen molar-refractivity contribution in [3.8, 4) is 5.75 Å². The smallest absolute Gasteiger partial charge is 0.233 e. The van der Waals surface area contributed by atoms with Crippen LogP contribution in [0.4, 0.5) is 5.69 Å². The summed E-state index contributed by atoms with van der Waals surface area (Å²) >= 11 is 0. The van der Waals surface area contributed by atoms with Crippen molar-refractivity contribution in [2.24, 2.45) is 11.8 Å². The first-order chi connectivity index (χ1) is 12.1. The van der Waals surface area contributed by atoms with Crippen LogP contribution in [0.25, 0.3) is 0 Å². The molecule has 1 aliphatic heterocycles. The molecule has 0 saturated carbocycles. The van der Waals surface area contributed by atoms with E-state index in [9.17, 15) is 14.4 Å². The Morgan fingerprint density at radius 3 is 2.28 bits per heavy atom. The van der Waals surface area contributed by atoms with Crippen molar-refractivity contribution in [3.05, 3.63) is 36.4 Å². The molecule has 0 unspecified atom stereocenters. The van der Waals surface area contributed by atoms with Crippen molar-refractivity contribution in [3.63, 3.8) is 0 Å². The molecule has 1 aliphatic carbocycles. The van der Waals surface area contributed by atoms with Gasteiger partial charge >= 0.3 is 0 Å². The van der Waals surface area contributed by atoms with Gasteiger partial charge in [-0.25, -0.2) is 0 Å². The van der Waals surface area contributed by atoms with Gasteiger partial charge < -0.3 is 10.1 Å². The number of rotatable bonds is 6. The van der Waals surface area contributed by atoms with Gasteiger partial charge in [-0.1, -0.05) is 12.2 Å². The van der Waals surface area contributed by atoms with Gasteiger partial charge in [-0.05, 0) is 44.0 Å². The number of fused-ring (bicyclic) bond motifs is 1. The molecule has 1 aromatic rings. The second-order valence-corrected chi connectivity index (χ2v) is 6.24. The lowest BCUT2D eigenvalue weighted by Gasteiger charge is -2.14. The van der Waals surface area contributed by atoms with E-state index in [4.69, 9.17) is 4.74 Å². The average molecular weight is 342 g/mol. The van der Waals surface area contributed by atoms with Crippen LogP contribution in [0, 0.1) is 11.8 Å². The maximum absolute atomic E-state index is 12.3. The Bertz CT molecular complexity index is 670. The first-order valence-corrected chi connectivity index (χ1v) is 8.63. The molecule has 25 heavy (non-hydrogen) atoms. The minimum absolute atomic E-state index is 0.0948. The van der Waals surface area contributed by atoms with Crippen molar-refractivity contribution in [1.82, 2.24) is 4.90 Å². The van der Waals surface area contributed by atoms with Crippen LogP contribution < -0.4 is 10.1 Å². The number of hydrogen-bond donors (Lipinski definition) is 1. The van der Waals surface area contributed by atoms with Crippen LogP contribution in [0.15, 0.2) is 36.4 Å². The third-order valence-corrected chi connectivity index (χ3v) is 4.61. The Labute approximate surface area is 146 Å². The van der Waals surface area contributed by atoms with Crippen LogP contribution >= 0.6 is 0 Å². The third kappa shape index (κ3) is 3.73. The largest absolute Gasteiger partial charge is 0.494 e. The Balaban J connectivity index is 1.52. The first kappa shape index (κ1) is 17.2. The fourth-order valence-corrected chi connectivity index (χ4v) is 3.33. The average Bonchev–Trinajstić information content (AvgIpc) is 2.86. The Morgan fingerprint density at radius 2 is 1.72 bits per heavy atom. The molecule has 0 spiro atoms. The SMILES string of the molecule is CCOc1ccc(NC(=O)CCN2C(=O)[C@H]3CC=CC[C@@H]3C2=O)cc1. The van der Waals surface area contributed by atoms with Gasteiger partial charge in [0.1, 0.15) is 5.75 Å². The van der Waals surface area contributed by atoms with Crippen molar-refractivity contribution in [2.75, 3.05) is 18.5 Å². The molecule has 3 amide bonds. The molecule has 1 saturated heterocycles. The lowest BCUT2D eigenvalue weighted by Crippen LogP contribution is -2.34. The highest BCUT2D eigenvalue weighted by Gasteiger charge is 2.46. The van der Waals surface area contributed by atoms with Crippen molar-refractivity contribution < 1.29 is 19.1 Å². The normalized spacial score (nSPS) is 22.0. The molecule has 0 bridgehead atoms. The summed E-state index contributed by atoms with van der Waals surface area (Å²) < 4.78 is 5.35. The quantitative estimate of drug-likeness (QED) is 0.636. The molecule has 1 aromatic carbocycles. The van der Waals surface area contributed by atoms with Gasteiger partial charge in [0.2, 0.25) is 17.7 Å². The number of amides is 3. The summed E-state index contributed by atoms with van der Waals surface area (Å²) in [6.45, 7) is 2.62. The number of carbonyl (C=O) groups is 3. The van der Waals surface area contributed by atoms with E-state index < -0.39 is 0 Å². The van der Waals surface area contributed by atoms with Gasteiger partial charge in [-0.15, -0.1) is 0 Å². The number of benzene rings is 1. The summed E-state index contributed by atoms with van der Waals surface area (Å²) in [6.07, 6.45) is 5.23. The minimum atomic E-state index is -0.244. The first-order valence-electron chi connectivity index (χ1n) is 8.63. The summed E-state index contributed by atoms with van der Waals surface area (Å²) in [6, 6.07) is 7.08. The van der Waals surface area contributed by atoms with Gasteiger partial charge in [-0.3, -0.25) is 19.3 Å². The Morgan fingerprint density at radius 1 is 1.12 bits per heavy atom. The number of imide groups is 1. The van der Waals surface area contributed by atoms with Crippen LogP contribution in [0.5, 0.6) is 5.75 Å². The molecular weight excluding hydrogens is 320 g/mol. The van der Waals surface area contributed by atoms with E-state index in [1.807, 2.05) is 19.1 Å². The predicted molar refractivity (Wildman–Crippen MR) is 92.9 cm³/mol. The number of likely N-dealkylation sites (tertiary alicyclic amines) is 1. The van der Waals surface area contributed by atoms with E-state index in [1.54, 1.807) is 24.3 Å². The molecule has 1 N–H and O–H groups in total. The van der Waals surface area contributed by atoms with E-state index >= 15 is 0 Å². The Hall–Kier alpha value is -2.63. The van der Waals surface area contributed by atoms with Crippen molar-refractivity contribution in [2.45, 2.75) is 26.2 Å². The molecule has 3 rings (SSSR count). The predicted octanol–water partition coefficient (Wildman–Crippen LogP) is 2.37. The van der Waals surface area contributed by atoms with Crippen molar-refractivity contribution in [1.29, 1.82) is 0 Å². The number of allylic oxidation sites excluding steroid dienone is 2. The van der Waals surface area contributed by atoms with Crippen LogP contribution in [0.3, 0.4) is 0 Å². The van der Waals surface area contributed by atoms with Crippen LogP contribution in [0.2, 0.25) is 0 Å². The van der Waals surface area contributed by atoms with E-state index in [1.165, 1.54) is 4.90 Å². The topological polar surface area (TPSA) is 75.7 Å². The van der Waals surface area contributed by atoms with Crippen LogP contribution in [-0.2, 0) is 14.4 Å². The Kier molecular flexibility index (Phi) is 5.16. The zero-order valence-corrected chi connectivity index (χ0v) is 14.2. The maximum Gasteiger partial charge on any atom is 0.233 e. The number of nitrogens with one attached hydrogen (secondary N) is 1. The number of carbonyl (C=O) groups excluding carboxylic acids is 3. The van der Waals surface area contributed by atoms with E-state index in [2.05, 4.69) is 5.32 Å². The van der Waals surface area contributed by atoms with Gasteiger partial charge in [0.05, 0.1) is 18.4 Å². The minimum Gasteiger partial charge on any atom is -0.494 e. The monoisotopic (exact) mass is 342 g/mol. The molecule has 132 valence electrons. The standard InChI is InChI=1S/C19H22N2O4/c1-2-25-14-9-7-13(8-10-14)20-17(22)11-12-21-18(23)15-5-3-4-6-16(15)19(21)24/h3-4,7-10,15-16H,2,5-6,11-12H2,1H3,(H,20,22)/t15-,16-/m0/s1. The molecule has 0 aromatic heterocycles. The highest BCUT2D eigenvalue weighted by Crippen LogP contribution is 2.35. The highest BCUT2D eigenvalue weighted by atomic mass is 16.5. The van der Waals surface area contributed by atoms with E-state index in [0.717, 1.165) is 5.75 Å². The second-order valence-electron chi connectivity index (χ2n) is 6.24. The summed E-state index contributed by atoms with van der Waals surface area (Å²) in [5.41, 5.74) is 0.658. The number of ether oxygens (including phenoxy) is 1. The van der Waals surface area contributed by atoms with Crippen molar-refractivity contribution >= 4 is 23.4 Å². The lowest BCUT2D eigenvalue weighted by molar-refractivity contribution is -0.140. The summed E-state index contributed by atoms with van der Waals surface area (Å²) in [5, 5.41) is 2.77. The van der Waals surface area contributed by atoms with Gasteiger partial charge in [0.25, 0.3) is 0 Å². The van der Waals surface area contributed by atoms with Crippen LogP contribution in [0.1, 0.15) is 26.2 Å². The fraction of sp³-hybridized carbons (Fsp3) is 0.421. The maximum atomic E-state index is 12.3. The molecule has 2 aliphatic rings. The summed E-state index contributed by atoms with van der Waals surface area (Å²) in [5.74, 6) is -0.262. The van der Waals surface area contributed by atoms with E-state index in [-0.39, 0.29) is 42.5 Å². The fourth-order valence-electron chi connectivity index (χ4n) is 3.33. The second kappa shape index (κ2) is 7.51. The van der Waals surface area contributed by atoms with E-state index in [0.29, 0.717) is 25.1 Å². The van der Waals surface area contributed by atoms with Gasteiger partial charge in [0.15, 0.2) is 0 Å². The summed E-state index contributed by atoms with van der Waals surface area (Å²) in [7, 11) is 0. The molecule has 6 nitrogen and oxygen atoms in total. The lowest BCUT2D eigenvalue weighted by atomic mass is 9.85. The number of nitrogens with zero attached hydrogens (tertiary/aromatic N) is 1. The number of anilines is 1. The number of hydrogen-bond acceptors (Lipinski definition) is 4. The van der Waals surface area contributed by atoms with Crippen LogP contribution in [-0.4, -0.2) is 35.8 Å². The van der Waals surface area contributed by atoms with Gasteiger partial charge in [-0.2, -0.15) is 0 Å². The molecule has 0 radical (unpaired) electrons. The molecule has 1 fully saturated rings. The zero-order chi connectivity index (χ0) is 17.8. The highest BCUT2D eigenvalue weighted by molar-refractivity contribution is 6.05. The zero-order valence-electron chi connectivity index (χ0n) is 14.2. The molecule has 1 heterocycles. The summed E-state index contributed by atoms with van der Waals surface area (Å²) in [4.78, 5) is 38.0. The molecule has 2 atom stereocenters.